The van der Waals surface area contributed by atoms with E-state index in [4.69, 9.17) is 15.5 Å². The lowest BCUT2D eigenvalue weighted by Gasteiger charge is -2.43. The minimum atomic E-state index is -2.95. The van der Waals surface area contributed by atoms with E-state index < -0.39 is 6.61 Å². The smallest absolute Gasteiger partial charge is 0.387 e. The van der Waals surface area contributed by atoms with Crippen LogP contribution in [0.25, 0.3) is 11.3 Å². The molecule has 2 N–H and O–H groups in total. The number of likely N-dealkylation sites (tertiary alicyclic amines) is 1. The Bertz CT molecular complexity index is 894. The third kappa shape index (κ3) is 3.91. The fourth-order valence-electron chi connectivity index (χ4n) is 4.16. The molecule has 0 aromatic carbocycles. The minimum Gasteiger partial charge on any atom is -0.431 e. The van der Waals surface area contributed by atoms with Crippen LogP contribution in [0.2, 0.25) is 0 Å². The standard InChI is InChI=1S/C21H24F2N4O2/c22-21(23)29-19-7-14(8-25-20(19)24)18-6-13(5-17(26-18)12-1-2-12)15-9-27(10-15)16-3-4-28-11-16/h5-8,12,15-16,21H,1-4,9-11H2,(H2,24,25). The van der Waals surface area contributed by atoms with Crippen molar-refractivity contribution >= 4 is 5.82 Å². The molecule has 8 heteroatoms. The SMILES string of the molecule is Nc1ncc(-c2cc(C3CN(C4CCOC4)C3)cc(C3CC3)n2)cc1OC(F)F. The van der Waals surface area contributed by atoms with Crippen molar-refractivity contribution in [1.82, 2.24) is 14.9 Å². The largest absolute Gasteiger partial charge is 0.431 e. The third-order valence-corrected chi connectivity index (χ3v) is 6.06. The number of hydrogen-bond donors (Lipinski definition) is 1. The Morgan fingerprint density at radius 2 is 1.97 bits per heavy atom. The fourth-order valence-corrected chi connectivity index (χ4v) is 4.16. The van der Waals surface area contributed by atoms with Crippen molar-refractivity contribution in [2.24, 2.45) is 0 Å². The van der Waals surface area contributed by atoms with E-state index in [-0.39, 0.29) is 11.6 Å². The molecular formula is C21H24F2N4O2. The van der Waals surface area contributed by atoms with Crippen LogP contribution in [-0.4, -0.2) is 53.8 Å². The number of hydrogen-bond acceptors (Lipinski definition) is 6. The summed E-state index contributed by atoms with van der Waals surface area (Å²) >= 11 is 0. The fraction of sp³-hybridized carbons (Fsp3) is 0.524. The highest BCUT2D eigenvalue weighted by Gasteiger charge is 2.36. The Balaban J connectivity index is 1.42. The number of nitrogen functional groups attached to an aromatic ring is 1. The van der Waals surface area contributed by atoms with Gasteiger partial charge in [-0.1, -0.05) is 0 Å². The molecule has 2 aliphatic heterocycles. The molecule has 0 bridgehead atoms. The Morgan fingerprint density at radius 1 is 1.14 bits per heavy atom. The van der Waals surface area contributed by atoms with Gasteiger partial charge in [0.05, 0.1) is 12.3 Å². The highest BCUT2D eigenvalue weighted by molar-refractivity contribution is 5.65. The maximum absolute atomic E-state index is 12.7. The first-order valence-corrected chi connectivity index (χ1v) is 10.1. The molecule has 2 saturated heterocycles. The second-order valence-corrected chi connectivity index (χ2v) is 8.14. The van der Waals surface area contributed by atoms with E-state index in [9.17, 15) is 8.78 Å². The molecule has 5 rings (SSSR count). The summed E-state index contributed by atoms with van der Waals surface area (Å²) in [4.78, 5) is 11.3. The van der Waals surface area contributed by atoms with Crippen molar-refractivity contribution in [2.45, 2.75) is 43.8 Å². The summed E-state index contributed by atoms with van der Waals surface area (Å²) in [7, 11) is 0. The van der Waals surface area contributed by atoms with Gasteiger partial charge >= 0.3 is 6.61 Å². The lowest BCUT2D eigenvalue weighted by atomic mass is 9.88. The van der Waals surface area contributed by atoms with Gasteiger partial charge in [0, 0.05) is 55.0 Å². The first kappa shape index (κ1) is 18.7. The van der Waals surface area contributed by atoms with Gasteiger partial charge in [-0.3, -0.25) is 9.88 Å². The number of alkyl halides is 2. The lowest BCUT2D eigenvalue weighted by molar-refractivity contribution is -0.0494. The van der Waals surface area contributed by atoms with Gasteiger partial charge in [0.1, 0.15) is 0 Å². The lowest BCUT2D eigenvalue weighted by Crippen LogP contribution is -2.51. The van der Waals surface area contributed by atoms with Gasteiger partial charge in [-0.15, -0.1) is 0 Å². The number of ether oxygens (including phenoxy) is 2. The molecule has 1 aliphatic carbocycles. The van der Waals surface area contributed by atoms with Crippen molar-refractivity contribution in [2.75, 3.05) is 32.0 Å². The van der Waals surface area contributed by atoms with Crippen LogP contribution >= 0.6 is 0 Å². The first-order chi connectivity index (χ1) is 14.1. The summed E-state index contributed by atoms with van der Waals surface area (Å²) in [5.41, 5.74) is 9.38. The Kier molecular flexibility index (Phi) is 4.83. The monoisotopic (exact) mass is 402 g/mol. The topological polar surface area (TPSA) is 73.5 Å². The van der Waals surface area contributed by atoms with Crippen LogP contribution in [0.15, 0.2) is 24.4 Å². The number of aromatic nitrogens is 2. The van der Waals surface area contributed by atoms with Crippen molar-refractivity contribution < 1.29 is 18.3 Å². The summed E-state index contributed by atoms with van der Waals surface area (Å²) in [6, 6.07) is 6.31. The molecule has 0 amide bonds. The van der Waals surface area contributed by atoms with Gasteiger partial charge in [-0.05, 0) is 43.0 Å². The summed E-state index contributed by atoms with van der Waals surface area (Å²) in [6.07, 6.45) is 4.96. The molecule has 2 aromatic rings. The van der Waals surface area contributed by atoms with Crippen LogP contribution in [0.3, 0.4) is 0 Å². The molecule has 3 fully saturated rings. The molecule has 6 nitrogen and oxygen atoms in total. The first-order valence-electron chi connectivity index (χ1n) is 10.1. The zero-order valence-corrected chi connectivity index (χ0v) is 16.1. The van der Waals surface area contributed by atoms with Crippen LogP contribution < -0.4 is 10.5 Å². The molecule has 4 heterocycles. The van der Waals surface area contributed by atoms with Crippen molar-refractivity contribution in [3.63, 3.8) is 0 Å². The second kappa shape index (κ2) is 7.50. The zero-order valence-electron chi connectivity index (χ0n) is 16.1. The summed E-state index contributed by atoms with van der Waals surface area (Å²) in [5, 5.41) is 0. The third-order valence-electron chi connectivity index (χ3n) is 6.06. The Morgan fingerprint density at radius 3 is 2.66 bits per heavy atom. The number of halogens is 2. The maximum atomic E-state index is 12.7. The number of pyridine rings is 2. The molecule has 1 unspecified atom stereocenters. The van der Waals surface area contributed by atoms with E-state index in [1.54, 1.807) is 6.20 Å². The maximum Gasteiger partial charge on any atom is 0.387 e. The average Bonchev–Trinajstić information content (AvgIpc) is 3.38. The van der Waals surface area contributed by atoms with Crippen molar-refractivity contribution in [3.8, 4) is 17.0 Å². The number of rotatable bonds is 6. The van der Waals surface area contributed by atoms with Gasteiger partial charge in [-0.25, -0.2) is 4.98 Å². The highest BCUT2D eigenvalue weighted by atomic mass is 19.3. The van der Waals surface area contributed by atoms with Crippen LogP contribution in [0.4, 0.5) is 14.6 Å². The van der Waals surface area contributed by atoms with Gasteiger partial charge in [-0.2, -0.15) is 8.78 Å². The number of nitrogens with zero attached hydrogens (tertiary/aromatic N) is 3. The molecule has 0 radical (unpaired) electrons. The van der Waals surface area contributed by atoms with Crippen LogP contribution in [-0.2, 0) is 4.74 Å². The molecule has 3 aliphatic rings. The molecule has 2 aromatic heterocycles. The van der Waals surface area contributed by atoms with Gasteiger partial charge < -0.3 is 15.2 Å². The Labute approximate surface area is 168 Å². The molecule has 29 heavy (non-hydrogen) atoms. The average molecular weight is 402 g/mol. The van der Waals surface area contributed by atoms with Crippen molar-refractivity contribution in [3.05, 3.63) is 35.7 Å². The van der Waals surface area contributed by atoms with E-state index in [0.717, 1.165) is 57.0 Å². The molecular weight excluding hydrogens is 378 g/mol. The van der Waals surface area contributed by atoms with Crippen LogP contribution in [0, 0.1) is 0 Å². The highest BCUT2D eigenvalue weighted by Crippen LogP contribution is 2.42. The van der Waals surface area contributed by atoms with Gasteiger partial charge in [0.2, 0.25) is 0 Å². The molecule has 1 saturated carbocycles. The second-order valence-electron chi connectivity index (χ2n) is 8.14. The van der Waals surface area contributed by atoms with Gasteiger partial charge in [0.15, 0.2) is 11.6 Å². The van der Waals surface area contributed by atoms with E-state index in [1.165, 1.54) is 11.6 Å². The normalized spacial score (nSPS) is 22.8. The summed E-state index contributed by atoms with van der Waals surface area (Å²) in [6.45, 7) is 0.759. The molecule has 1 atom stereocenters. The van der Waals surface area contributed by atoms with E-state index in [2.05, 4.69) is 26.8 Å². The molecule has 0 spiro atoms. The summed E-state index contributed by atoms with van der Waals surface area (Å²) in [5.74, 6) is 0.773. The van der Waals surface area contributed by atoms with Crippen molar-refractivity contribution in [1.29, 1.82) is 0 Å². The predicted molar refractivity (Wildman–Crippen MR) is 104 cm³/mol. The quantitative estimate of drug-likeness (QED) is 0.799. The zero-order chi connectivity index (χ0) is 20.0. The van der Waals surface area contributed by atoms with E-state index >= 15 is 0 Å². The van der Waals surface area contributed by atoms with Gasteiger partial charge in [0.25, 0.3) is 0 Å². The molecule has 154 valence electrons. The number of anilines is 1. The van der Waals surface area contributed by atoms with Crippen LogP contribution in [0.1, 0.15) is 42.4 Å². The minimum absolute atomic E-state index is 0.0546. The van der Waals surface area contributed by atoms with Crippen LogP contribution in [0.5, 0.6) is 5.75 Å². The van der Waals surface area contributed by atoms with E-state index in [0.29, 0.717) is 23.4 Å². The van der Waals surface area contributed by atoms with E-state index in [1.807, 2.05) is 0 Å². The summed E-state index contributed by atoms with van der Waals surface area (Å²) < 4.78 is 35.3. The number of nitrogens with two attached hydrogens (primary N) is 1. The predicted octanol–water partition coefficient (Wildman–Crippen LogP) is 3.39. The Hall–Kier alpha value is -2.32.